The van der Waals surface area contributed by atoms with Gasteiger partial charge in [0.25, 0.3) is 5.91 Å². The minimum atomic E-state index is -1.17. The molecule has 1 aliphatic rings. The molecule has 0 unspecified atom stereocenters. The molecule has 1 aliphatic heterocycles. The second-order valence-electron chi connectivity index (χ2n) is 5.68. The van der Waals surface area contributed by atoms with Crippen LogP contribution in [0.1, 0.15) is 29.6 Å². The number of hydrogen-bond donors (Lipinski definition) is 2. The summed E-state index contributed by atoms with van der Waals surface area (Å²) in [6.45, 7) is 1.11. The van der Waals surface area contributed by atoms with Crippen LogP contribution in [0.4, 0.5) is 0 Å². The van der Waals surface area contributed by atoms with E-state index in [4.69, 9.17) is 9.47 Å². The molecule has 1 saturated heterocycles. The van der Waals surface area contributed by atoms with Crippen molar-refractivity contribution in [1.82, 2.24) is 5.32 Å². The number of rotatable bonds is 8. The molecule has 0 aromatic heterocycles. The Balaban J connectivity index is 2.02. The number of amides is 1. The number of carboxylic acids is 1. The van der Waals surface area contributed by atoms with Gasteiger partial charge in [0.2, 0.25) is 0 Å². The van der Waals surface area contributed by atoms with Gasteiger partial charge in [-0.2, -0.15) is 11.8 Å². The lowest BCUT2D eigenvalue weighted by Crippen LogP contribution is -2.56. The van der Waals surface area contributed by atoms with Gasteiger partial charge in [0.05, 0.1) is 6.61 Å². The zero-order valence-corrected chi connectivity index (χ0v) is 14.6. The Kier molecular flexibility index (Phi) is 6.93. The predicted octanol–water partition coefficient (Wildman–Crippen LogP) is 2.18. The Bertz CT molecular complexity index is 572. The molecule has 1 fully saturated rings. The highest BCUT2D eigenvalue weighted by molar-refractivity contribution is 7.99. The Labute approximate surface area is 145 Å². The first-order chi connectivity index (χ1) is 11.6. The SMILES string of the molecule is COCCCOc1cccc(C(=O)NC2(C(=O)O)CCSCC2)c1. The fraction of sp³-hybridized carbons (Fsp3) is 0.529. The molecule has 132 valence electrons. The summed E-state index contributed by atoms with van der Waals surface area (Å²) in [5, 5.41) is 12.3. The largest absolute Gasteiger partial charge is 0.493 e. The molecule has 6 nitrogen and oxygen atoms in total. The summed E-state index contributed by atoms with van der Waals surface area (Å²) in [6, 6.07) is 6.79. The second-order valence-corrected chi connectivity index (χ2v) is 6.90. The van der Waals surface area contributed by atoms with E-state index in [0.717, 1.165) is 17.9 Å². The van der Waals surface area contributed by atoms with Crippen molar-refractivity contribution in [3.8, 4) is 5.75 Å². The summed E-state index contributed by atoms with van der Waals surface area (Å²) in [4.78, 5) is 24.1. The van der Waals surface area contributed by atoms with Crippen molar-refractivity contribution in [2.45, 2.75) is 24.8 Å². The molecule has 1 amide bonds. The van der Waals surface area contributed by atoms with Gasteiger partial charge in [-0.15, -0.1) is 0 Å². The van der Waals surface area contributed by atoms with E-state index >= 15 is 0 Å². The molecule has 0 radical (unpaired) electrons. The number of carbonyl (C=O) groups excluding carboxylic acids is 1. The van der Waals surface area contributed by atoms with Crippen LogP contribution in [0.25, 0.3) is 0 Å². The molecule has 1 heterocycles. The zero-order valence-electron chi connectivity index (χ0n) is 13.7. The van der Waals surface area contributed by atoms with Crippen LogP contribution in [-0.4, -0.2) is 54.4 Å². The molecule has 0 aliphatic carbocycles. The smallest absolute Gasteiger partial charge is 0.329 e. The number of hydrogen-bond acceptors (Lipinski definition) is 5. The predicted molar refractivity (Wildman–Crippen MR) is 92.8 cm³/mol. The topological polar surface area (TPSA) is 84.9 Å². The molecule has 1 aromatic rings. The van der Waals surface area contributed by atoms with E-state index in [1.54, 1.807) is 43.1 Å². The number of ether oxygens (including phenoxy) is 2. The quantitative estimate of drug-likeness (QED) is 0.697. The van der Waals surface area contributed by atoms with Crippen LogP contribution >= 0.6 is 11.8 Å². The van der Waals surface area contributed by atoms with Gasteiger partial charge in [0, 0.05) is 25.7 Å². The van der Waals surface area contributed by atoms with Crippen LogP contribution in [0.2, 0.25) is 0 Å². The van der Waals surface area contributed by atoms with Crippen molar-refractivity contribution in [2.24, 2.45) is 0 Å². The minimum Gasteiger partial charge on any atom is -0.493 e. The van der Waals surface area contributed by atoms with Crippen molar-refractivity contribution < 1.29 is 24.2 Å². The second kappa shape index (κ2) is 8.94. The number of carboxylic acid groups (broad SMARTS) is 1. The lowest BCUT2D eigenvalue weighted by molar-refractivity contribution is -0.144. The molecular weight excluding hydrogens is 330 g/mol. The summed E-state index contributed by atoms with van der Waals surface area (Å²) in [5.74, 6) is 0.696. The van der Waals surface area contributed by atoms with Gasteiger partial charge >= 0.3 is 5.97 Å². The fourth-order valence-corrected chi connectivity index (χ4v) is 3.71. The number of nitrogens with one attached hydrogen (secondary N) is 1. The monoisotopic (exact) mass is 353 g/mol. The van der Waals surface area contributed by atoms with Crippen molar-refractivity contribution in [2.75, 3.05) is 31.8 Å². The molecule has 1 aromatic carbocycles. The Morgan fingerprint density at radius 2 is 2.04 bits per heavy atom. The first kappa shape index (κ1) is 18.6. The van der Waals surface area contributed by atoms with Crippen LogP contribution < -0.4 is 10.1 Å². The molecule has 0 spiro atoms. The van der Waals surface area contributed by atoms with E-state index in [1.165, 1.54) is 0 Å². The van der Waals surface area contributed by atoms with Crippen LogP contribution in [-0.2, 0) is 9.53 Å². The maximum atomic E-state index is 12.5. The normalized spacial score (nSPS) is 16.4. The van der Waals surface area contributed by atoms with Gasteiger partial charge < -0.3 is 19.9 Å². The van der Waals surface area contributed by atoms with Gasteiger partial charge in [0.15, 0.2) is 0 Å². The minimum absolute atomic E-state index is 0.383. The molecule has 2 rings (SSSR count). The average molecular weight is 353 g/mol. The van der Waals surface area contributed by atoms with Crippen LogP contribution in [0.3, 0.4) is 0 Å². The van der Waals surface area contributed by atoms with Gasteiger partial charge in [0.1, 0.15) is 11.3 Å². The van der Waals surface area contributed by atoms with Gasteiger partial charge in [-0.1, -0.05) is 6.07 Å². The highest BCUT2D eigenvalue weighted by Crippen LogP contribution is 2.28. The lowest BCUT2D eigenvalue weighted by Gasteiger charge is -2.33. The van der Waals surface area contributed by atoms with Crippen LogP contribution in [0.15, 0.2) is 24.3 Å². The van der Waals surface area contributed by atoms with Crippen LogP contribution in [0.5, 0.6) is 5.75 Å². The third kappa shape index (κ3) is 4.88. The maximum Gasteiger partial charge on any atom is 0.329 e. The van der Waals surface area contributed by atoms with Crippen molar-refractivity contribution >= 4 is 23.6 Å². The summed E-state index contributed by atoms with van der Waals surface area (Å²) >= 11 is 1.71. The van der Waals surface area contributed by atoms with E-state index in [9.17, 15) is 14.7 Å². The maximum absolute atomic E-state index is 12.5. The van der Waals surface area contributed by atoms with Crippen molar-refractivity contribution in [1.29, 1.82) is 0 Å². The van der Waals surface area contributed by atoms with Gasteiger partial charge in [-0.3, -0.25) is 4.79 Å². The number of carbonyl (C=O) groups is 2. The van der Waals surface area contributed by atoms with Gasteiger partial charge in [-0.05, 0) is 42.5 Å². The molecule has 0 bridgehead atoms. The summed E-state index contributed by atoms with van der Waals surface area (Å²) in [5.41, 5.74) is -0.768. The third-order valence-electron chi connectivity index (χ3n) is 3.97. The Morgan fingerprint density at radius 3 is 2.71 bits per heavy atom. The van der Waals surface area contributed by atoms with Crippen LogP contribution in [0, 0.1) is 0 Å². The average Bonchev–Trinajstić information content (AvgIpc) is 2.60. The van der Waals surface area contributed by atoms with E-state index < -0.39 is 11.5 Å². The molecule has 0 saturated carbocycles. The van der Waals surface area contributed by atoms with E-state index in [1.807, 2.05) is 0 Å². The fourth-order valence-electron chi connectivity index (χ4n) is 2.52. The number of thioether (sulfide) groups is 1. The van der Waals surface area contributed by atoms with Crippen molar-refractivity contribution in [3.63, 3.8) is 0 Å². The van der Waals surface area contributed by atoms with E-state index in [-0.39, 0.29) is 5.91 Å². The molecular formula is C17H23NO5S. The summed E-state index contributed by atoms with van der Waals surface area (Å²) in [7, 11) is 1.63. The molecule has 7 heteroatoms. The summed E-state index contributed by atoms with van der Waals surface area (Å²) < 4.78 is 10.5. The highest BCUT2D eigenvalue weighted by Gasteiger charge is 2.41. The molecule has 24 heavy (non-hydrogen) atoms. The highest BCUT2D eigenvalue weighted by atomic mass is 32.2. The Morgan fingerprint density at radius 1 is 1.29 bits per heavy atom. The molecule has 0 atom stereocenters. The standard InChI is InChI=1S/C17H23NO5S/c1-22-8-3-9-23-14-5-2-4-13(12-14)15(19)18-17(16(20)21)6-10-24-11-7-17/h2,4-5,12H,3,6-11H2,1H3,(H,18,19)(H,20,21). The first-order valence-corrected chi connectivity index (χ1v) is 9.08. The number of methoxy groups -OCH3 is 1. The van der Waals surface area contributed by atoms with Gasteiger partial charge in [-0.25, -0.2) is 4.79 Å². The van der Waals surface area contributed by atoms with E-state index in [2.05, 4.69) is 5.32 Å². The zero-order chi connectivity index (χ0) is 17.4. The first-order valence-electron chi connectivity index (χ1n) is 7.93. The Hall–Kier alpha value is -1.73. The third-order valence-corrected chi connectivity index (χ3v) is 4.95. The summed E-state index contributed by atoms with van der Waals surface area (Å²) in [6.07, 6.45) is 1.63. The number of aliphatic carboxylic acids is 1. The van der Waals surface area contributed by atoms with E-state index in [0.29, 0.717) is 37.4 Å². The molecule has 2 N–H and O–H groups in total. The lowest BCUT2D eigenvalue weighted by atomic mass is 9.92. The number of benzene rings is 1. The van der Waals surface area contributed by atoms with Crippen molar-refractivity contribution in [3.05, 3.63) is 29.8 Å².